The Hall–Kier alpha value is -3.79. The van der Waals surface area contributed by atoms with E-state index in [1.165, 1.54) is 18.2 Å². The van der Waals surface area contributed by atoms with E-state index in [1.54, 1.807) is 49.0 Å². The minimum Gasteiger partial charge on any atom is -0.497 e. The summed E-state index contributed by atoms with van der Waals surface area (Å²) in [5, 5.41) is 4.41. The molecule has 0 unspecified atom stereocenters. The molecule has 0 bridgehead atoms. The topological polar surface area (TPSA) is 56.1 Å². The van der Waals surface area contributed by atoms with E-state index in [1.807, 2.05) is 12.1 Å². The maximum Gasteiger partial charge on any atom is 0.573 e. The highest BCUT2D eigenvalue weighted by molar-refractivity contribution is 6.03. The van der Waals surface area contributed by atoms with Crippen LogP contribution in [-0.4, -0.2) is 42.0 Å². The molecule has 1 saturated heterocycles. The number of nitrogens with zero attached hydrogens (tertiary/aromatic N) is 3. The second kappa shape index (κ2) is 12.4. The highest BCUT2D eigenvalue weighted by Crippen LogP contribution is 2.33. The Balaban J connectivity index is 0.00000387. The lowest BCUT2D eigenvalue weighted by molar-refractivity contribution is -0.274. The third kappa shape index (κ3) is 6.93. The number of ether oxygens (including phenoxy) is 2. The highest BCUT2D eigenvalue weighted by Gasteiger charge is 2.31. The summed E-state index contributed by atoms with van der Waals surface area (Å²) in [7, 11) is 1.57. The Kier molecular flexibility index (Phi) is 9.11. The first-order valence-corrected chi connectivity index (χ1v) is 13.1. The summed E-state index contributed by atoms with van der Waals surface area (Å²) < 4.78 is 63.2. The van der Waals surface area contributed by atoms with E-state index in [9.17, 15) is 18.0 Å². The predicted octanol–water partition coefficient (Wildman–Crippen LogP) is 7.31. The number of ketones is 1. The van der Waals surface area contributed by atoms with Crippen LogP contribution in [0.4, 0.5) is 23.2 Å². The molecule has 5 rings (SSSR count). The Morgan fingerprint density at radius 2 is 1.73 bits per heavy atom. The standard InChI is InChI=1S/C30H29F4N3O3.ClH/c1-19-29(27-18-24(39-2)13-16-37(27)35-19)28(38)10-4-20-3-9-25(26(31)17-20)21-11-14-36(15-12-21)22-5-7-23(8-6-22)40-30(32,33)34;/h3,5-9,13,16-18,21H,4,10-12,14-15H2,1-2H3;1H. The number of aromatic nitrogens is 2. The van der Waals surface area contributed by atoms with Crippen LogP contribution in [0.2, 0.25) is 0 Å². The summed E-state index contributed by atoms with van der Waals surface area (Å²) in [6.45, 7) is 3.11. The minimum absolute atomic E-state index is 0. The number of carbonyl (C=O) groups is 1. The van der Waals surface area contributed by atoms with Crippen molar-refractivity contribution < 1.29 is 31.8 Å². The molecular formula is C30H30ClF4N3O3. The van der Waals surface area contributed by atoms with E-state index in [0.717, 1.165) is 11.3 Å². The molecule has 3 heterocycles. The predicted molar refractivity (Wildman–Crippen MR) is 150 cm³/mol. The zero-order valence-corrected chi connectivity index (χ0v) is 23.4. The van der Waals surface area contributed by atoms with Crippen LogP contribution in [0.5, 0.6) is 11.5 Å². The van der Waals surface area contributed by atoms with Crippen LogP contribution in [0.15, 0.2) is 60.8 Å². The van der Waals surface area contributed by atoms with Crippen molar-refractivity contribution >= 4 is 29.4 Å². The summed E-state index contributed by atoms with van der Waals surface area (Å²) in [6.07, 6.45) is -0.912. The Bertz CT molecular complexity index is 1510. The van der Waals surface area contributed by atoms with Crippen molar-refractivity contribution in [3.05, 3.63) is 89.0 Å². The van der Waals surface area contributed by atoms with Crippen LogP contribution in [0, 0.1) is 12.7 Å². The quantitative estimate of drug-likeness (QED) is 0.159. The Morgan fingerprint density at radius 3 is 2.37 bits per heavy atom. The first-order chi connectivity index (χ1) is 19.1. The number of pyridine rings is 1. The molecule has 0 N–H and O–H groups in total. The van der Waals surface area contributed by atoms with Crippen LogP contribution in [-0.2, 0) is 6.42 Å². The molecule has 1 aliphatic rings. The van der Waals surface area contributed by atoms with E-state index < -0.39 is 6.36 Å². The fraction of sp³-hybridized carbons (Fsp3) is 0.333. The van der Waals surface area contributed by atoms with Gasteiger partial charge in [0.05, 0.1) is 23.9 Å². The molecule has 1 aliphatic heterocycles. The van der Waals surface area contributed by atoms with Gasteiger partial charge in [-0.15, -0.1) is 25.6 Å². The largest absolute Gasteiger partial charge is 0.573 e. The van der Waals surface area contributed by atoms with Gasteiger partial charge in [-0.05, 0) is 79.6 Å². The molecular weight excluding hydrogens is 562 g/mol. The molecule has 0 atom stereocenters. The molecule has 0 radical (unpaired) electrons. The number of hydrogen-bond acceptors (Lipinski definition) is 5. The summed E-state index contributed by atoms with van der Waals surface area (Å²) in [6, 6.07) is 14.6. The van der Waals surface area contributed by atoms with Crippen molar-refractivity contribution in [3.63, 3.8) is 0 Å². The van der Waals surface area contributed by atoms with Crippen LogP contribution < -0.4 is 14.4 Å². The van der Waals surface area contributed by atoms with Gasteiger partial charge in [-0.2, -0.15) is 5.10 Å². The Labute approximate surface area is 241 Å². The molecule has 6 nitrogen and oxygen atoms in total. The second-order valence-corrected chi connectivity index (χ2v) is 9.94. The average Bonchev–Trinajstić information content (AvgIpc) is 3.26. The normalized spacial score (nSPS) is 14.1. The van der Waals surface area contributed by atoms with Crippen LogP contribution in [0.1, 0.15) is 52.4 Å². The maximum atomic E-state index is 15.2. The molecule has 1 fully saturated rings. The number of alkyl halides is 3. The molecule has 2 aromatic heterocycles. The summed E-state index contributed by atoms with van der Waals surface area (Å²) >= 11 is 0. The molecule has 2 aromatic carbocycles. The highest BCUT2D eigenvalue weighted by atomic mass is 35.5. The molecule has 218 valence electrons. The van der Waals surface area contributed by atoms with Gasteiger partial charge in [0.1, 0.15) is 17.3 Å². The van der Waals surface area contributed by atoms with Crippen molar-refractivity contribution in [1.29, 1.82) is 0 Å². The van der Waals surface area contributed by atoms with E-state index in [-0.39, 0.29) is 42.1 Å². The van der Waals surface area contributed by atoms with Crippen LogP contribution in [0.3, 0.4) is 0 Å². The number of methoxy groups -OCH3 is 1. The number of rotatable bonds is 8. The fourth-order valence-corrected chi connectivity index (χ4v) is 5.36. The van der Waals surface area contributed by atoms with E-state index in [0.29, 0.717) is 60.4 Å². The summed E-state index contributed by atoms with van der Waals surface area (Å²) in [5.74, 6) is 0.0724. The smallest absolute Gasteiger partial charge is 0.497 e. The van der Waals surface area contributed by atoms with Gasteiger partial charge in [0.15, 0.2) is 5.78 Å². The number of piperidine rings is 1. The maximum absolute atomic E-state index is 15.2. The molecule has 0 aliphatic carbocycles. The van der Waals surface area contributed by atoms with Gasteiger partial charge in [-0.25, -0.2) is 8.91 Å². The molecule has 11 heteroatoms. The van der Waals surface area contributed by atoms with Gasteiger partial charge < -0.3 is 14.4 Å². The number of hydrogen-bond donors (Lipinski definition) is 0. The number of fused-ring (bicyclic) bond motifs is 1. The number of Topliss-reactive ketones (excluding diaryl/α,β-unsaturated/α-hetero) is 1. The van der Waals surface area contributed by atoms with Crippen molar-refractivity contribution in [2.45, 2.75) is 44.9 Å². The molecule has 0 amide bonds. The number of benzene rings is 2. The third-order valence-electron chi connectivity index (χ3n) is 7.37. The van der Waals surface area contributed by atoms with Crippen molar-refractivity contribution in [1.82, 2.24) is 9.61 Å². The van der Waals surface area contributed by atoms with Crippen LogP contribution in [0.25, 0.3) is 5.52 Å². The third-order valence-corrected chi connectivity index (χ3v) is 7.37. The lowest BCUT2D eigenvalue weighted by Gasteiger charge is -2.34. The number of halogens is 5. The van der Waals surface area contributed by atoms with Gasteiger partial charge >= 0.3 is 6.36 Å². The summed E-state index contributed by atoms with van der Waals surface area (Å²) in [4.78, 5) is 15.2. The second-order valence-electron chi connectivity index (χ2n) is 9.94. The zero-order chi connectivity index (χ0) is 28.4. The van der Waals surface area contributed by atoms with E-state index in [2.05, 4.69) is 14.7 Å². The van der Waals surface area contributed by atoms with E-state index >= 15 is 4.39 Å². The first-order valence-electron chi connectivity index (χ1n) is 13.1. The number of anilines is 1. The van der Waals surface area contributed by atoms with E-state index in [4.69, 9.17) is 4.74 Å². The Morgan fingerprint density at radius 1 is 1.02 bits per heavy atom. The lowest BCUT2D eigenvalue weighted by Crippen LogP contribution is -2.33. The molecule has 4 aromatic rings. The molecule has 0 saturated carbocycles. The first kappa shape index (κ1) is 30.2. The number of carbonyl (C=O) groups excluding carboxylic acids is 1. The molecule has 41 heavy (non-hydrogen) atoms. The SMILES string of the molecule is COc1ccn2nc(C)c(C(=O)CCc3ccc(C4CCN(c5ccc(OC(F)(F)F)cc5)CC4)c(F)c3)c2c1.Cl. The van der Waals surface area contributed by atoms with Crippen molar-refractivity contribution in [2.24, 2.45) is 0 Å². The van der Waals surface area contributed by atoms with Gasteiger partial charge in [0, 0.05) is 37.5 Å². The minimum atomic E-state index is -4.72. The lowest BCUT2D eigenvalue weighted by atomic mass is 9.88. The van der Waals surface area contributed by atoms with Crippen molar-refractivity contribution in [3.8, 4) is 11.5 Å². The van der Waals surface area contributed by atoms with Gasteiger partial charge in [0.25, 0.3) is 0 Å². The summed E-state index contributed by atoms with van der Waals surface area (Å²) in [5.41, 5.74) is 4.06. The average molecular weight is 592 g/mol. The zero-order valence-electron chi connectivity index (χ0n) is 22.6. The van der Waals surface area contributed by atoms with Crippen molar-refractivity contribution in [2.75, 3.05) is 25.1 Å². The number of aryl methyl sites for hydroxylation is 2. The van der Waals surface area contributed by atoms with Crippen LogP contribution >= 0.6 is 12.4 Å². The molecule has 0 spiro atoms. The fourth-order valence-electron chi connectivity index (χ4n) is 5.36. The monoisotopic (exact) mass is 591 g/mol. The van der Waals surface area contributed by atoms with Gasteiger partial charge in [-0.3, -0.25) is 4.79 Å². The van der Waals surface area contributed by atoms with Gasteiger partial charge in [0.2, 0.25) is 0 Å². The van der Waals surface area contributed by atoms with Gasteiger partial charge in [-0.1, -0.05) is 12.1 Å².